The summed E-state index contributed by atoms with van der Waals surface area (Å²) in [5.74, 6) is -0.916. The number of rotatable bonds is 12. The lowest BCUT2D eigenvalue weighted by atomic mass is 10.1. The average molecular weight is 576 g/mol. The Morgan fingerprint density at radius 3 is 2.02 bits per heavy atom. The summed E-state index contributed by atoms with van der Waals surface area (Å²) in [5.41, 5.74) is 2.01. The third-order valence-electron chi connectivity index (χ3n) is 6.27. The molecule has 1 atom stereocenters. The Balaban J connectivity index is 1.40. The molecule has 4 aromatic rings. The lowest BCUT2D eigenvalue weighted by Crippen LogP contribution is -2.48. The number of nitrogens with zero attached hydrogens (tertiary/aromatic N) is 1. The van der Waals surface area contributed by atoms with E-state index < -0.39 is 27.8 Å². The van der Waals surface area contributed by atoms with Crippen LogP contribution in [-0.4, -0.2) is 37.8 Å². The van der Waals surface area contributed by atoms with E-state index >= 15 is 0 Å². The number of carbonyl (C=O) groups excluding carboxylic acids is 2. The van der Waals surface area contributed by atoms with Gasteiger partial charge in [0.25, 0.3) is 15.9 Å². The summed E-state index contributed by atoms with van der Waals surface area (Å²) >= 11 is 0. The maximum absolute atomic E-state index is 13.3. The van der Waals surface area contributed by atoms with Crippen molar-refractivity contribution in [3.63, 3.8) is 0 Å². The van der Waals surface area contributed by atoms with Crippen molar-refractivity contribution in [2.75, 3.05) is 11.3 Å². The van der Waals surface area contributed by atoms with Gasteiger partial charge < -0.3 is 15.0 Å². The Hall–Kier alpha value is -4.70. The Morgan fingerprint density at radius 1 is 0.829 bits per heavy atom. The van der Waals surface area contributed by atoms with E-state index in [1.54, 1.807) is 6.92 Å². The Bertz CT molecular complexity index is 1550. The molecule has 4 aromatic carbocycles. The minimum absolute atomic E-state index is 0.0325. The highest BCUT2D eigenvalue weighted by Crippen LogP contribution is 2.20. The second-order valence-corrected chi connectivity index (χ2v) is 10.9. The second kappa shape index (κ2) is 13.6. The van der Waals surface area contributed by atoms with Gasteiger partial charge in [0.15, 0.2) is 6.61 Å². The quantitative estimate of drug-likeness (QED) is 0.254. The van der Waals surface area contributed by atoms with Crippen LogP contribution in [0.25, 0.3) is 0 Å². The number of anilines is 1. The van der Waals surface area contributed by atoms with E-state index in [0.29, 0.717) is 6.54 Å². The molecular formula is C31H30FN3O5S. The van der Waals surface area contributed by atoms with E-state index in [2.05, 4.69) is 10.0 Å². The molecule has 2 amide bonds. The molecule has 0 aliphatic rings. The number of ether oxygens (including phenoxy) is 1. The smallest absolute Gasteiger partial charge is 0.261 e. The van der Waals surface area contributed by atoms with Gasteiger partial charge in [-0.3, -0.25) is 14.3 Å². The summed E-state index contributed by atoms with van der Waals surface area (Å²) in [5, 5.41) is 2.88. The molecular weight excluding hydrogens is 545 g/mol. The number of sulfonamides is 1. The zero-order valence-corrected chi connectivity index (χ0v) is 23.2. The summed E-state index contributed by atoms with van der Waals surface area (Å²) in [7, 11) is -3.92. The van der Waals surface area contributed by atoms with E-state index in [1.165, 1.54) is 41.3 Å². The highest BCUT2D eigenvalue weighted by Gasteiger charge is 2.26. The molecule has 10 heteroatoms. The molecule has 0 aromatic heterocycles. The van der Waals surface area contributed by atoms with Crippen LogP contribution in [0.5, 0.6) is 5.75 Å². The molecule has 0 saturated carbocycles. The van der Waals surface area contributed by atoms with E-state index in [-0.39, 0.29) is 35.4 Å². The van der Waals surface area contributed by atoms with Gasteiger partial charge in [-0.15, -0.1) is 0 Å². The first-order valence-corrected chi connectivity index (χ1v) is 14.4. The Kier molecular flexibility index (Phi) is 9.70. The lowest BCUT2D eigenvalue weighted by molar-refractivity contribution is -0.142. The van der Waals surface area contributed by atoms with Crippen molar-refractivity contribution in [2.24, 2.45) is 0 Å². The van der Waals surface area contributed by atoms with Crippen LogP contribution in [0.2, 0.25) is 0 Å². The van der Waals surface area contributed by atoms with Crippen LogP contribution in [0.15, 0.2) is 114 Å². The van der Waals surface area contributed by atoms with E-state index in [9.17, 15) is 22.4 Å². The van der Waals surface area contributed by atoms with E-state index in [1.807, 2.05) is 60.7 Å². The maximum Gasteiger partial charge on any atom is 0.261 e. The fraction of sp³-hybridized carbons (Fsp3) is 0.161. The van der Waals surface area contributed by atoms with E-state index in [0.717, 1.165) is 23.3 Å². The average Bonchev–Trinajstić information content (AvgIpc) is 2.99. The third kappa shape index (κ3) is 8.39. The zero-order chi connectivity index (χ0) is 29.2. The number of amides is 2. The fourth-order valence-electron chi connectivity index (χ4n) is 3.97. The standard InChI is InChI=1S/C31H30FN3O5S/c1-23(31(37)33-20-24-8-4-2-5-9-24)35(21-25-10-6-3-7-11-25)30(36)22-40-28-16-18-29(19-17-28)41(38,39)34-27-14-12-26(32)13-15-27/h2-19,23,34H,20-22H2,1H3,(H,33,37)/t23-/m0/s1. The highest BCUT2D eigenvalue weighted by molar-refractivity contribution is 7.92. The summed E-state index contributed by atoms with van der Waals surface area (Å²) in [6.07, 6.45) is 0. The Morgan fingerprint density at radius 2 is 1.41 bits per heavy atom. The first kappa shape index (κ1) is 29.3. The predicted octanol–water partition coefficient (Wildman–Crippen LogP) is 4.74. The molecule has 2 N–H and O–H groups in total. The van der Waals surface area contributed by atoms with Crippen molar-refractivity contribution >= 4 is 27.5 Å². The van der Waals surface area contributed by atoms with Gasteiger partial charge in [-0.05, 0) is 66.6 Å². The molecule has 41 heavy (non-hydrogen) atoms. The van der Waals surface area contributed by atoms with Crippen molar-refractivity contribution in [2.45, 2.75) is 31.0 Å². The number of benzene rings is 4. The van der Waals surface area contributed by atoms with Crippen LogP contribution >= 0.6 is 0 Å². The summed E-state index contributed by atoms with van der Waals surface area (Å²) in [6, 6.07) is 28.5. The maximum atomic E-state index is 13.3. The van der Waals surface area contributed by atoms with Gasteiger partial charge in [0.05, 0.1) is 4.90 Å². The van der Waals surface area contributed by atoms with Gasteiger partial charge in [0, 0.05) is 18.8 Å². The lowest BCUT2D eigenvalue weighted by Gasteiger charge is -2.28. The van der Waals surface area contributed by atoms with Crippen LogP contribution in [0.3, 0.4) is 0 Å². The summed E-state index contributed by atoms with van der Waals surface area (Å²) in [4.78, 5) is 27.7. The van der Waals surface area contributed by atoms with Crippen molar-refractivity contribution in [3.05, 3.63) is 126 Å². The van der Waals surface area contributed by atoms with Crippen molar-refractivity contribution in [3.8, 4) is 5.75 Å². The van der Waals surface area contributed by atoms with Crippen LogP contribution in [0.1, 0.15) is 18.1 Å². The van der Waals surface area contributed by atoms with Crippen LogP contribution in [-0.2, 0) is 32.7 Å². The topological polar surface area (TPSA) is 105 Å². The number of hydrogen-bond acceptors (Lipinski definition) is 5. The molecule has 0 spiro atoms. The number of halogens is 1. The molecule has 0 radical (unpaired) electrons. The van der Waals surface area contributed by atoms with Crippen molar-refractivity contribution in [1.82, 2.24) is 10.2 Å². The van der Waals surface area contributed by atoms with Gasteiger partial charge in [-0.2, -0.15) is 0 Å². The molecule has 0 bridgehead atoms. The Labute approximate surface area is 238 Å². The minimum atomic E-state index is -3.92. The summed E-state index contributed by atoms with van der Waals surface area (Å²) in [6.45, 7) is 1.84. The van der Waals surface area contributed by atoms with Crippen LogP contribution in [0, 0.1) is 5.82 Å². The predicted molar refractivity (Wildman–Crippen MR) is 154 cm³/mol. The molecule has 0 heterocycles. The normalized spacial score (nSPS) is 11.8. The van der Waals surface area contributed by atoms with Crippen molar-refractivity contribution in [1.29, 1.82) is 0 Å². The molecule has 0 aliphatic heterocycles. The van der Waals surface area contributed by atoms with Gasteiger partial charge in [-0.1, -0.05) is 60.7 Å². The first-order chi connectivity index (χ1) is 19.7. The number of nitrogens with one attached hydrogen (secondary N) is 2. The summed E-state index contributed by atoms with van der Waals surface area (Å²) < 4.78 is 46.5. The SMILES string of the molecule is C[C@@H](C(=O)NCc1ccccc1)N(Cc1ccccc1)C(=O)COc1ccc(S(=O)(=O)Nc2ccc(F)cc2)cc1. The van der Waals surface area contributed by atoms with Gasteiger partial charge in [0.1, 0.15) is 17.6 Å². The molecule has 4 rings (SSSR count). The third-order valence-corrected chi connectivity index (χ3v) is 7.66. The largest absolute Gasteiger partial charge is 0.484 e. The molecule has 0 unspecified atom stereocenters. The monoisotopic (exact) mass is 575 g/mol. The fourth-order valence-corrected chi connectivity index (χ4v) is 5.03. The van der Waals surface area contributed by atoms with Gasteiger partial charge in [-0.25, -0.2) is 12.8 Å². The van der Waals surface area contributed by atoms with E-state index in [4.69, 9.17) is 4.74 Å². The van der Waals surface area contributed by atoms with Crippen LogP contribution < -0.4 is 14.8 Å². The zero-order valence-electron chi connectivity index (χ0n) is 22.4. The highest BCUT2D eigenvalue weighted by atomic mass is 32.2. The second-order valence-electron chi connectivity index (χ2n) is 9.26. The van der Waals surface area contributed by atoms with Gasteiger partial charge >= 0.3 is 0 Å². The van der Waals surface area contributed by atoms with Crippen LogP contribution in [0.4, 0.5) is 10.1 Å². The number of carbonyl (C=O) groups is 2. The van der Waals surface area contributed by atoms with Crippen molar-refractivity contribution < 1.29 is 27.1 Å². The van der Waals surface area contributed by atoms with Gasteiger partial charge in [0.2, 0.25) is 5.91 Å². The molecule has 0 saturated heterocycles. The molecule has 0 aliphatic carbocycles. The molecule has 8 nitrogen and oxygen atoms in total. The molecule has 212 valence electrons. The number of hydrogen-bond donors (Lipinski definition) is 2. The minimum Gasteiger partial charge on any atom is -0.484 e. The molecule has 0 fully saturated rings. The first-order valence-electron chi connectivity index (χ1n) is 12.9.